The number of hydrogen-bond donors (Lipinski definition) is 1. The number of anilines is 1. The Morgan fingerprint density at radius 2 is 1.92 bits per heavy atom. The van der Waals surface area contributed by atoms with Crippen LogP contribution in [0.25, 0.3) is 10.2 Å². The monoisotopic (exact) mass is 344 g/mol. The second-order valence-electron chi connectivity index (χ2n) is 7.05. The molecule has 1 aliphatic heterocycles. The lowest BCUT2D eigenvalue weighted by Gasteiger charge is -2.29. The minimum absolute atomic E-state index is 1.01. The maximum Gasteiger partial charge on any atom is 0.141 e. The van der Waals surface area contributed by atoms with Crippen molar-refractivity contribution >= 4 is 27.4 Å². The minimum atomic E-state index is 1.01. The van der Waals surface area contributed by atoms with Gasteiger partial charge in [0.1, 0.15) is 16.5 Å². The average molecular weight is 345 g/mol. The summed E-state index contributed by atoms with van der Waals surface area (Å²) in [4.78, 5) is 15.4. The third kappa shape index (κ3) is 3.16. The van der Waals surface area contributed by atoms with Crippen LogP contribution < -0.4 is 10.2 Å². The summed E-state index contributed by atoms with van der Waals surface area (Å²) in [5.74, 6) is 2.28. The molecule has 1 aliphatic carbocycles. The highest BCUT2D eigenvalue weighted by molar-refractivity contribution is 7.19. The summed E-state index contributed by atoms with van der Waals surface area (Å²) in [5.41, 5.74) is 1.57. The highest BCUT2D eigenvalue weighted by atomic mass is 32.1. The quantitative estimate of drug-likeness (QED) is 0.859. The average Bonchev–Trinajstić information content (AvgIpc) is 2.81. The summed E-state index contributed by atoms with van der Waals surface area (Å²) < 4.78 is 0. The Bertz CT molecular complexity index is 703. The number of aromatic nitrogens is 2. The van der Waals surface area contributed by atoms with Crippen molar-refractivity contribution in [3.63, 3.8) is 0 Å². The van der Waals surface area contributed by atoms with Crippen molar-refractivity contribution in [1.82, 2.24) is 15.3 Å². The molecule has 2 aromatic rings. The lowest BCUT2D eigenvalue weighted by molar-refractivity contribution is 0.584. The zero-order valence-electron chi connectivity index (χ0n) is 14.7. The van der Waals surface area contributed by atoms with Gasteiger partial charge in [0.15, 0.2) is 0 Å². The molecule has 0 aromatic carbocycles. The molecule has 2 aliphatic rings. The second-order valence-corrected chi connectivity index (χ2v) is 8.13. The van der Waals surface area contributed by atoms with Gasteiger partial charge in [0.05, 0.1) is 5.39 Å². The molecule has 4 nitrogen and oxygen atoms in total. The van der Waals surface area contributed by atoms with E-state index < -0.39 is 0 Å². The third-order valence-electron chi connectivity index (χ3n) is 5.26. The van der Waals surface area contributed by atoms with Crippen molar-refractivity contribution in [1.29, 1.82) is 0 Å². The van der Waals surface area contributed by atoms with E-state index >= 15 is 0 Å². The van der Waals surface area contributed by atoms with Gasteiger partial charge in [0.25, 0.3) is 0 Å². The molecule has 0 radical (unpaired) electrons. The van der Waals surface area contributed by atoms with Crippen LogP contribution in [0.3, 0.4) is 0 Å². The number of rotatable bonds is 4. The lowest BCUT2D eigenvalue weighted by atomic mass is 10.1. The predicted molar refractivity (Wildman–Crippen MR) is 102 cm³/mol. The summed E-state index contributed by atoms with van der Waals surface area (Å²) in [5, 5.41) is 4.85. The van der Waals surface area contributed by atoms with E-state index in [-0.39, 0.29) is 0 Å². The van der Waals surface area contributed by atoms with E-state index in [0.29, 0.717) is 0 Å². The maximum atomic E-state index is 5.07. The van der Waals surface area contributed by atoms with Crippen molar-refractivity contribution < 1.29 is 0 Å². The lowest BCUT2D eigenvalue weighted by Crippen LogP contribution is -2.44. The van der Waals surface area contributed by atoms with Crippen molar-refractivity contribution in [3.8, 4) is 0 Å². The van der Waals surface area contributed by atoms with Gasteiger partial charge in [0, 0.05) is 37.5 Å². The fourth-order valence-corrected chi connectivity index (χ4v) is 5.18. The molecule has 3 heterocycles. The van der Waals surface area contributed by atoms with Crippen LogP contribution in [0.15, 0.2) is 0 Å². The molecule has 0 amide bonds. The number of unbranched alkanes of at least 4 members (excludes halogenated alkanes) is 1. The van der Waals surface area contributed by atoms with E-state index in [1.54, 1.807) is 10.4 Å². The molecule has 24 heavy (non-hydrogen) atoms. The zero-order valence-corrected chi connectivity index (χ0v) is 15.6. The molecule has 0 bridgehead atoms. The van der Waals surface area contributed by atoms with E-state index in [1.807, 2.05) is 11.3 Å². The van der Waals surface area contributed by atoms with Gasteiger partial charge in [-0.25, -0.2) is 9.97 Å². The number of nitrogens with one attached hydrogen (secondary N) is 1. The van der Waals surface area contributed by atoms with Gasteiger partial charge in [-0.2, -0.15) is 0 Å². The van der Waals surface area contributed by atoms with Crippen LogP contribution in [0.2, 0.25) is 0 Å². The van der Waals surface area contributed by atoms with Gasteiger partial charge in [-0.15, -0.1) is 11.3 Å². The molecule has 1 saturated heterocycles. The number of fused-ring (bicyclic) bond motifs is 3. The van der Waals surface area contributed by atoms with Crippen molar-refractivity contribution in [2.45, 2.75) is 58.3 Å². The first kappa shape index (κ1) is 16.3. The predicted octanol–water partition coefficient (Wildman–Crippen LogP) is 3.71. The standard InChI is InChI=1S/C19H28N4S/c1-2-3-9-16-21-18(23-12-10-20-11-13-23)17-14-7-5-4-6-8-15(14)24-19(17)22-16/h20H,2-13H2,1H3. The first-order chi connectivity index (χ1) is 11.9. The van der Waals surface area contributed by atoms with Crippen LogP contribution in [0.5, 0.6) is 0 Å². The summed E-state index contributed by atoms with van der Waals surface area (Å²) in [6.45, 7) is 6.47. The first-order valence-corrected chi connectivity index (χ1v) is 10.5. The fraction of sp³-hybridized carbons (Fsp3) is 0.684. The normalized spacial score (nSPS) is 18.6. The number of hydrogen-bond acceptors (Lipinski definition) is 5. The van der Waals surface area contributed by atoms with Crippen LogP contribution in [0.1, 0.15) is 55.3 Å². The molecule has 1 N–H and O–H groups in total. The molecule has 130 valence electrons. The van der Waals surface area contributed by atoms with Gasteiger partial charge in [-0.3, -0.25) is 0 Å². The topological polar surface area (TPSA) is 41.1 Å². The zero-order chi connectivity index (χ0) is 16.4. The van der Waals surface area contributed by atoms with Crippen LogP contribution >= 0.6 is 11.3 Å². The summed E-state index contributed by atoms with van der Waals surface area (Å²) in [6, 6.07) is 0. The second kappa shape index (κ2) is 7.36. The Balaban J connectivity index is 1.82. The molecule has 0 saturated carbocycles. The molecule has 0 spiro atoms. The molecule has 4 rings (SSSR count). The Morgan fingerprint density at radius 3 is 2.75 bits per heavy atom. The number of thiophene rings is 1. The summed E-state index contributed by atoms with van der Waals surface area (Å²) in [7, 11) is 0. The number of nitrogens with zero attached hydrogens (tertiary/aromatic N) is 3. The SMILES string of the molecule is CCCCc1nc(N2CCNCC2)c2c3c(sc2n1)CCCCC3. The van der Waals surface area contributed by atoms with Crippen LogP contribution in [0.4, 0.5) is 5.82 Å². The minimum Gasteiger partial charge on any atom is -0.353 e. The largest absolute Gasteiger partial charge is 0.353 e. The Morgan fingerprint density at radius 1 is 1.08 bits per heavy atom. The molecule has 5 heteroatoms. The van der Waals surface area contributed by atoms with Crippen molar-refractivity contribution in [2.24, 2.45) is 0 Å². The van der Waals surface area contributed by atoms with E-state index in [0.717, 1.165) is 38.4 Å². The van der Waals surface area contributed by atoms with Crippen LogP contribution in [-0.2, 0) is 19.3 Å². The molecule has 0 unspecified atom stereocenters. The van der Waals surface area contributed by atoms with Crippen LogP contribution in [-0.4, -0.2) is 36.1 Å². The Hall–Kier alpha value is -1.20. The molecule has 0 atom stereocenters. The Kier molecular flexibility index (Phi) is 4.99. The molecular weight excluding hydrogens is 316 g/mol. The Labute approximate surface area is 148 Å². The van der Waals surface area contributed by atoms with Crippen molar-refractivity contribution in [3.05, 3.63) is 16.3 Å². The molecule has 2 aromatic heterocycles. The maximum absolute atomic E-state index is 5.07. The summed E-state index contributed by atoms with van der Waals surface area (Å²) in [6.07, 6.45) is 9.85. The summed E-state index contributed by atoms with van der Waals surface area (Å²) >= 11 is 1.95. The fourth-order valence-electron chi connectivity index (χ4n) is 3.91. The van der Waals surface area contributed by atoms with Crippen LogP contribution in [0, 0.1) is 0 Å². The number of aryl methyl sites for hydroxylation is 3. The first-order valence-electron chi connectivity index (χ1n) is 9.63. The highest BCUT2D eigenvalue weighted by Crippen LogP contribution is 2.39. The van der Waals surface area contributed by atoms with E-state index in [1.165, 1.54) is 61.0 Å². The van der Waals surface area contributed by atoms with Gasteiger partial charge in [0.2, 0.25) is 0 Å². The van der Waals surface area contributed by atoms with Gasteiger partial charge < -0.3 is 10.2 Å². The third-order valence-corrected chi connectivity index (χ3v) is 6.45. The van der Waals surface area contributed by atoms with Gasteiger partial charge in [-0.1, -0.05) is 19.8 Å². The molecule has 1 fully saturated rings. The van der Waals surface area contributed by atoms with E-state index in [2.05, 4.69) is 17.1 Å². The van der Waals surface area contributed by atoms with E-state index in [9.17, 15) is 0 Å². The molecular formula is C19H28N4S. The smallest absolute Gasteiger partial charge is 0.141 e. The number of piperazine rings is 1. The highest BCUT2D eigenvalue weighted by Gasteiger charge is 2.23. The van der Waals surface area contributed by atoms with Gasteiger partial charge in [-0.05, 0) is 37.7 Å². The van der Waals surface area contributed by atoms with E-state index in [4.69, 9.17) is 9.97 Å². The van der Waals surface area contributed by atoms with Gasteiger partial charge >= 0.3 is 0 Å². The van der Waals surface area contributed by atoms with Crippen molar-refractivity contribution in [2.75, 3.05) is 31.1 Å².